The molecule has 0 aliphatic heterocycles. The number of halogens is 3. The number of methoxy groups -OCH3 is 1. The highest BCUT2D eigenvalue weighted by molar-refractivity contribution is 5.63. The number of aliphatic hydroxyl groups excluding tert-OH is 1. The highest BCUT2D eigenvalue weighted by atomic mass is 19.4. The van der Waals surface area contributed by atoms with Crippen molar-refractivity contribution in [3.8, 4) is 17.1 Å². The Morgan fingerprint density at radius 3 is 2.58 bits per heavy atom. The molecule has 1 aromatic heterocycles. The van der Waals surface area contributed by atoms with Crippen molar-refractivity contribution in [3.05, 3.63) is 77.6 Å². The Morgan fingerprint density at radius 2 is 1.87 bits per heavy atom. The molecule has 0 saturated heterocycles. The van der Waals surface area contributed by atoms with Gasteiger partial charge in [0.2, 0.25) is 0 Å². The second-order valence-electron chi connectivity index (χ2n) is 7.76. The Morgan fingerprint density at radius 1 is 1.10 bits per heavy atom. The SMILES string of the molecule is COc1cccc(C(O)CN(Cc2ccc(-c3ccccc3C(F)(F)F)o2)C2CC2)c1. The van der Waals surface area contributed by atoms with E-state index in [-0.39, 0.29) is 11.3 Å². The van der Waals surface area contributed by atoms with Crippen LogP contribution in [0.1, 0.15) is 35.8 Å². The van der Waals surface area contributed by atoms with Crippen molar-refractivity contribution in [2.24, 2.45) is 0 Å². The average Bonchev–Trinajstić information content (AvgIpc) is 3.51. The molecule has 1 N–H and O–H groups in total. The van der Waals surface area contributed by atoms with Crippen LogP contribution in [-0.4, -0.2) is 29.7 Å². The first-order valence-corrected chi connectivity index (χ1v) is 10.2. The summed E-state index contributed by atoms with van der Waals surface area (Å²) in [5, 5.41) is 10.7. The predicted molar refractivity (Wildman–Crippen MR) is 111 cm³/mol. The molecule has 0 radical (unpaired) electrons. The van der Waals surface area contributed by atoms with E-state index in [9.17, 15) is 18.3 Å². The van der Waals surface area contributed by atoms with Gasteiger partial charge in [0.1, 0.15) is 17.3 Å². The molecule has 1 fully saturated rings. The van der Waals surface area contributed by atoms with E-state index in [2.05, 4.69) is 4.90 Å². The maximum Gasteiger partial charge on any atom is 0.417 e. The molecule has 1 aliphatic carbocycles. The van der Waals surface area contributed by atoms with Crippen LogP contribution in [0.15, 0.2) is 65.1 Å². The van der Waals surface area contributed by atoms with Crippen LogP contribution in [0.3, 0.4) is 0 Å². The lowest BCUT2D eigenvalue weighted by Crippen LogP contribution is -2.30. The zero-order chi connectivity index (χ0) is 22.0. The van der Waals surface area contributed by atoms with Crippen molar-refractivity contribution in [1.29, 1.82) is 0 Å². The van der Waals surface area contributed by atoms with E-state index >= 15 is 0 Å². The van der Waals surface area contributed by atoms with Gasteiger partial charge >= 0.3 is 6.18 Å². The van der Waals surface area contributed by atoms with Crippen LogP contribution in [-0.2, 0) is 12.7 Å². The minimum Gasteiger partial charge on any atom is -0.497 e. The molecule has 4 rings (SSSR count). The fourth-order valence-corrected chi connectivity index (χ4v) is 3.71. The third kappa shape index (κ3) is 5.11. The number of nitrogens with zero attached hydrogens (tertiary/aromatic N) is 1. The largest absolute Gasteiger partial charge is 0.497 e. The van der Waals surface area contributed by atoms with Gasteiger partial charge in [-0.05, 0) is 48.7 Å². The summed E-state index contributed by atoms with van der Waals surface area (Å²) in [6, 6.07) is 16.3. The summed E-state index contributed by atoms with van der Waals surface area (Å²) in [6.45, 7) is 0.812. The first-order chi connectivity index (χ1) is 14.8. The van der Waals surface area contributed by atoms with Crippen molar-refractivity contribution in [3.63, 3.8) is 0 Å². The van der Waals surface area contributed by atoms with Gasteiger partial charge < -0.3 is 14.3 Å². The van der Waals surface area contributed by atoms with Crippen molar-refractivity contribution in [1.82, 2.24) is 4.90 Å². The monoisotopic (exact) mass is 431 g/mol. The van der Waals surface area contributed by atoms with E-state index < -0.39 is 17.8 Å². The molecule has 0 bridgehead atoms. The van der Waals surface area contributed by atoms with E-state index in [1.807, 2.05) is 18.2 Å². The van der Waals surface area contributed by atoms with E-state index in [1.54, 1.807) is 31.4 Å². The first-order valence-electron chi connectivity index (χ1n) is 10.2. The minimum atomic E-state index is -4.45. The molecule has 0 spiro atoms. The summed E-state index contributed by atoms with van der Waals surface area (Å²) in [6.07, 6.45) is -3.12. The summed E-state index contributed by atoms with van der Waals surface area (Å²) in [5.74, 6) is 1.43. The van der Waals surface area contributed by atoms with Gasteiger partial charge in [0.15, 0.2) is 0 Å². The van der Waals surface area contributed by atoms with E-state index in [1.165, 1.54) is 12.1 Å². The third-order valence-corrected chi connectivity index (χ3v) is 5.47. The maximum absolute atomic E-state index is 13.3. The fourth-order valence-electron chi connectivity index (χ4n) is 3.71. The van der Waals surface area contributed by atoms with Gasteiger partial charge in [-0.15, -0.1) is 0 Å². The van der Waals surface area contributed by atoms with Crippen LogP contribution in [0, 0.1) is 0 Å². The molecule has 1 atom stereocenters. The van der Waals surface area contributed by atoms with Crippen LogP contribution in [0.4, 0.5) is 13.2 Å². The van der Waals surface area contributed by atoms with Gasteiger partial charge in [-0.1, -0.05) is 30.3 Å². The lowest BCUT2D eigenvalue weighted by atomic mass is 10.1. The molecule has 31 heavy (non-hydrogen) atoms. The zero-order valence-electron chi connectivity index (χ0n) is 17.1. The standard InChI is InChI=1S/C24H24F3NO3/c1-30-18-6-4-5-16(13-18)22(29)15-28(17-9-10-17)14-19-11-12-23(31-19)20-7-2-3-8-21(20)24(25,26)27/h2-8,11-13,17,22,29H,9-10,14-15H2,1H3. The van der Waals surface area contributed by atoms with Crippen molar-refractivity contribution < 1.29 is 27.4 Å². The number of aliphatic hydroxyl groups is 1. The molecule has 1 unspecified atom stereocenters. The molecule has 1 saturated carbocycles. The van der Waals surface area contributed by atoms with Crippen molar-refractivity contribution >= 4 is 0 Å². The van der Waals surface area contributed by atoms with Gasteiger partial charge in [0, 0.05) is 18.2 Å². The number of benzene rings is 2. The van der Waals surface area contributed by atoms with E-state index in [0.29, 0.717) is 30.6 Å². The number of ether oxygens (including phenoxy) is 1. The van der Waals surface area contributed by atoms with Crippen LogP contribution >= 0.6 is 0 Å². The second kappa shape index (κ2) is 8.77. The lowest BCUT2D eigenvalue weighted by Gasteiger charge is -2.24. The molecule has 2 aromatic carbocycles. The van der Waals surface area contributed by atoms with E-state index in [4.69, 9.17) is 9.15 Å². The molecule has 164 valence electrons. The Kier molecular flexibility index (Phi) is 6.07. The smallest absolute Gasteiger partial charge is 0.417 e. The Bertz CT molecular complexity index is 1030. The molecular formula is C24H24F3NO3. The zero-order valence-corrected chi connectivity index (χ0v) is 17.1. The third-order valence-electron chi connectivity index (χ3n) is 5.47. The van der Waals surface area contributed by atoms with Crippen LogP contribution < -0.4 is 4.74 Å². The Hall–Kier alpha value is -2.77. The lowest BCUT2D eigenvalue weighted by molar-refractivity contribution is -0.137. The highest BCUT2D eigenvalue weighted by Crippen LogP contribution is 2.38. The number of rotatable bonds is 8. The number of hydrogen-bond acceptors (Lipinski definition) is 4. The number of alkyl halides is 3. The molecule has 1 aliphatic rings. The summed E-state index contributed by atoms with van der Waals surface area (Å²) < 4.78 is 51.0. The number of hydrogen-bond donors (Lipinski definition) is 1. The van der Waals surface area contributed by atoms with Gasteiger partial charge in [0.05, 0.1) is 25.3 Å². The van der Waals surface area contributed by atoms with Crippen LogP contribution in [0.5, 0.6) is 5.75 Å². The molecule has 3 aromatic rings. The van der Waals surface area contributed by atoms with Gasteiger partial charge in [-0.2, -0.15) is 13.2 Å². The van der Waals surface area contributed by atoms with Gasteiger partial charge in [0.25, 0.3) is 0 Å². The molecular weight excluding hydrogens is 407 g/mol. The van der Waals surface area contributed by atoms with E-state index in [0.717, 1.165) is 24.5 Å². The summed E-state index contributed by atoms with van der Waals surface area (Å²) in [7, 11) is 1.58. The Labute approximate surface area is 178 Å². The van der Waals surface area contributed by atoms with Crippen molar-refractivity contribution in [2.45, 2.75) is 37.7 Å². The average molecular weight is 431 g/mol. The number of furan rings is 1. The van der Waals surface area contributed by atoms with Crippen LogP contribution in [0.25, 0.3) is 11.3 Å². The normalized spacial score (nSPS) is 15.3. The molecule has 1 heterocycles. The Balaban J connectivity index is 1.50. The highest BCUT2D eigenvalue weighted by Gasteiger charge is 2.34. The second-order valence-corrected chi connectivity index (χ2v) is 7.76. The summed E-state index contributed by atoms with van der Waals surface area (Å²) in [5.41, 5.74) is 0.0586. The topological polar surface area (TPSA) is 45.8 Å². The predicted octanol–water partition coefficient (Wildman–Crippen LogP) is 5.67. The quantitative estimate of drug-likeness (QED) is 0.499. The molecule has 4 nitrogen and oxygen atoms in total. The van der Waals surface area contributed by atoms with Gasteiger partial charge in [-0.3, -0.25) is 4.90 Å². The van der Waals surface area contributed by atoms with Crippen LogP contribution in [0.2, 0.25) is 0 Å². The summed E-state index contributed by atoms with van der Waals surface area (Å²) >= 11 is 0. The molecule has 7 heteroatoms. The molecule has 0 amide bonds. The van der Waals surface area contributed by atoms with Gasteiger partial charge in [-0.25, -0.2) is 0 Å². The maximum atomic E-state index is 13.3. The minimum absolute atomic E-state index is 0.0237. The summed E-state index contributed by atoms with van der Waals surface area (Å²) in [4.78, 5) is 2.11. The fraction of sp³-hybridized carbons (Fsp3) is 0.333. The first kappa shape index (κ1) is 21.5. The van der Waals surface area contributed by atoms with Crippen molar-refractivity contribution in [2.75, 3.05) is 13.7 Å².